The van der Waals surface area contributed by atoms with E-state index in [9.17, 15) is 19.2 Å². The zero-order valence-corrected chi connectivity index (χ0v) is 32.5. The summed E-state index contributed by atoms with van der Waals surface area (Å²) in [7, 11) is 0. The Morgan fingerprint density at radius 3 is 1.11 bits per heavy atom. The molecule has 0 bridgehead atoms. The molecule has 4 atom stereocenters. The van der Waals surface area contributed by atoms with Crippen molar-refractivity contribution in [2.45, 2.75) is 25.2 Å². The Morgan fingerprint density at radius 1 is 0.545 bits per heavy atom. The first-order chi connectivity index (χ1) is 26.6. The van der Waals surface area contributed by atoms with Gasteiger partial charge in [0, 0.05) is 11.8 Å². The van der Waals surface area contributed by atoms with E-state index in [1.54, 1.807) is 72.8 Å². The number of hydrogen-bond acceptors (Lipinski definition) is 11. The smallest absolute Gasteiger partial charge is 0.338 e. The molecule has 296 valence electrons. The lowest BCUT2D eigenvalue weighted by atomic mass is 10.2. The van der Waals surface area contributed by atoms with Crippen LogP contribution < -0.4 is 0 Å². The van der Waals surface area contributed by atoms with Gasteiger partial charge in [-0.2, -0.15) is 0 Å². The predicted octanol–water partition coefficient (Wildman–Crippen LogP) is 6.85. The van der Waals surface area contributed by atoms with E-state index in [2.05, 4.69) is 0 Å². The van der Waals surface area contributed by atoms with Gasteiger partial charge in [0.05, 0.1) is 47.2 Å². The van der Waals surface area contributed by atoms with Gasteiger partial charge in [0.15, 0.2) is 0 Å². The monoisotopic (exact) mass is 818 g/mol. The molecule has 0 amide bonds. The van der Waals surface area contributed by atoms with Crippen molar-refractivity contribution in [3.05, 3.63) is 144 Å². The third kappa shape index (κ3) is 21.3. The molecule has 2 N–H and O–H groups in total. The molecule has 0 aliphatic carbocycles. The number of hydrogen-bond donors (Lipinski definition) is 2. The van der Waals surface area contributed by atoms with E-state index in [0.717, 1.165) is 0 Å². The van der Waals surface area contributed by atoms with Crippen LogP contribution in [0.4, 0.5) is 0 Å². The summed E-state index contributed by atoms with van der Waals surface area (Å²) in [5.74, 6) is -0.654. The van der Waals surface area contributed by atoms with Crippen LogP contribution in [-0.2, 0) is 23.7 Å². The van der Waals surface area contributed by atoms with E-state index in [4.69, 9.17) is 68.7 Å². The van der Waals surface area contributed by atoms with Crippen molar-refractivity contribution in [3.63, 3.8) is 0 Å². The zero-order chi connectivity index (χ0) is 40.3. The number of alkyl halides is 3. The molecule has 1 aliphatic rings. The first-order valence-corrected chi connectivity index (χ1v) is 18.7. The van der Waals surface area contributed by atoms with Crippen molar-refractivity contribution >= 4 is 58.7 Å². The molecule has 1 aliphatic heterocycles. The maximum Gasteiger partial charge on any atom is 0.338 e. The van der Waals surface area contributed by atoms with E-state index in [0.29, 0.717) is 48.0 Å². The fourth-order valence-corrected chi connectivity index (χ4v) is 3.93. The van der Waals surface area contributed by atoms with Gasteiger partial charge in [0.2, 0.25) is 0 Å². The van der Waals surface area contributed by atoms with Gasteiger partial charge in [-0.1, -0.05) is 79.7 Å². The summed E-state index contributed by atoms with van der Waals surface area (Å²) in [6, 6.07) is 35.1. The number of ether oxygens (including phenoxy) is 5. The van der Waals surface area contributed by atoms with Crippen LogP contribution in [0.25, 0.3) is 0 Å². The third-order valence-corrected chi connectivity index (χ3v) is 8.01. The topological polar surface area (TPSA) is 158 Å². The Labute approximate surface area is 336 Å². The largest absolute Gasteiger partial charge is 0.462 e. The Bertz CT molecular complexity index is 1500. The van der Waals surface area contributed by atoms with Crippen molar-refractivity contribution in [3.8, 4) is 0 Å². The van der Waals surface area contributed by atoms with Gasteiger partial charge in [0.1, 0.15) is 38.1 Å². The second-order valence-corrected chi connectivity index (χ2v) is 12.6. The molecular formula is C41H45Cl3O11. The van der Waals surface area contributed by atoms with E-state index >= 15 is 0 Å². The SMILES string of the molecule is CC(CCl)COC(=O)c1ccccc1.O=C(OCC(O)CCl)c1ccccc1.O=C(OCC(O)CCl)c1ccccc1.O=C(OCC1CO1)c1ccccc1. The van der Waals surface area contributed by atoms with Gasteiger partial charge in [-0.15, -0.1) is 34.8 Å². The van der Waals surface area contributed by atoms with Gasteiger partial charge >= 0.3 is 23.9 Å². The van der Waals surface area contributed by atoms with Gasteiger partial charge in [-0.25, -0.2) is 19.2 Å². The van der Waals surface area contributed by atoms with Gasteiger partial charge in [0.25, 0.3) is 0 Å². The number of rotatable bonds is 15. The fraction of sp³-hybridized carbons (Fsp3) is 0.317. The van der Waals surface area contributed by atoms with Crippen LogP contribution in [0.5, 0.6) is 0 Å². The van der Waals surface area contributed by atoms with Crippen LogP contribution in [0.1, 0.15) is 48.4 Å². The van der Waals surface area contributed by atoms with Crippen molar-refractivity contribution in [2.24, 2.45) is 5.92 Å². The van der Waals surface area contributed by atoms with Crippen LogP contribution >= 0.6 is 34.8 Å². The fourth-order valence-electron chi connectivity index (χ4n) is 3.66. The minimum atomic E-state index is -0.802. The summed E-state index contributed by atoms with van der Waals surface area (Å²) in [4.78, 5) is 45.3. The van der Waals surface area contributed by atoms with E-state index in [1.165, 1.54) is 0 Å². The molecule has 4 unspecified atom stereocenters. The van der Waals surface area contributed by atoms with Gasteiger partial charge < -0.3 is 33.9 Å². The molecule has 11 nitrogen and oxygen atoms in total. The number of halogens is 3. The highest BCUT2D eigenvalue weighted by Gasteiger charge is 2.24. The van der Waals surface area contributed by atoms with Crippen molar-refractivity contribution in [1.82, 2.24) is 0 Å². The molecule has 0 saturated carbocycles. The Kier molecular flexibility index (Phi) is 23.8. The third-order valence-electron chi connectivity index (χ3n) is 6.77. The first kappa shape index (κ1) is 46.7. The Hall–Kier alpha value is -4.49. The highest BCUT2D eigenvalue weighted by atomic mass is 35.5. The number of benzene rings is 4. The number of carbonyl (C=O) groups is 4. The highest BCUT2D eigenvalue weighted by Crippen LogP contribution is 2.10. The van der Waals surface area contributed by atoms with E-state index in [1.807, 2.05) is 55.5 Å². The second-order valence-electron chi connectivity index (χ2n) is 11.7. The summed E-state index contributed by atoms with van der Waals surface area (Å²) < 4.78 is 24.6. The molecule has 14 heteroatoms. The standard InChI is InChI=1S/C11H13ClO2.2C10H11ClO3.C10H10O3/c1-9(7-12)8-14-11(13)10-5-3-2-4-6-10;2*11-6-9(12)7-14-10(13)8-4-2-1-3-5-8;11-10(13-7-9-6-12-9)8-4-2-1-3-5-8/h2-6,9H,7-8H2,1H3;2*1-5,9,12H,6-7H2;1-5,9H,6-7H2. The van der Waals surface area contributed by atoms with E-state index in [-0.39, 0.29) is 48.9 Å². The minimum Gasteiger partial charge on any atom is -0.462 e. The molecule has 0 radical (unpaired) electrons. The second kappa shape index (κ2) is 28.0. The summed E-state index contributed by atoms with van der Waals surface area (Å²) in [5.41, 5.74) is 2.10. The molecule has 0 spiro atoms. The maximum atomic E-state index is 11.4. The van der Waals surface area contributed by atoms with Crippen LogP contribution in [0.2, 0.25) is 0 Å². The van der Waals surface area contributed by atoms with Crippen LogP contribution in [-0.4, -0.2) is 103 Å². The molecule has 55 heavy (non-hydrogen) atoms. The normalized spacial score (nSPS) is 13.9. The number of aliphatic hydroxyl groups is 2. The number of carbonyl (C=O) groups excluding carboxylic acids is 4. The first-order valence-electron chi connectivity index (χ1n) is 17.1. The number of esters is 4. The lowest BCUT2D eigenvalue weighted by Gasteiger charge is -2.08. The van der Waals surface area contributed by atoms with Crippen molar-refractivity contribution in [2.75, 3.05) is 50.7 Å². The van der Waals surface area contributed by atoms with Crippen LogP contribution in [0.3, 0.4) is 0 Å². The van der Waals surface area contributed by atoms with Gasteiger partial charge in [-0.3, -0.25) is 0 Å². The number of aliphatic hydroxyl groups excluding tert-OH is 2. The summed E-state index contributed by atoms with van der Waals surface area (Å²) in [6.07, 6.45) is -1.47. The highest BCUT2D eigenvalue weighted by molar-refractivity contribution is 6.18. The molecule has 4 aromatic carbocycles. The molecule has 0 aromatic heterocycles. The lowest BCUT2D eigenvalue weighted by molar-refractivity contribution is 0.0299. The van der Waals surface area contributed by atoms with Crippen molar-refractivity contribution < 1.29 is 53.1 Å². The lowest BCUT2D eigenvalue weighted by Crippen LogP contribution is -2.19. The average Bonchev–Trinajstić information content (AvgIpc) is 4.09. The summed E-state index contributed by atoms with van der Waals surface area (Å²) in [6.45, 7) is 3.24. The quantitative estimate of drug-likeness (QED) is 0.0560. The van der Waals surface area contributed by atoms with Crippen LogP contribution in [0.15, 0.2) is 121 Å². The van der Waals surface area contributed by atoms with Crippen molar-refractivity contribution in [1.29, 1.82) is 0 Å². The molecule has 4 aromatic rings. The van der Waals surface area contributed by atoms with E-state index < -0.39 is 24.1 Å². The molecule has 5 rings (SSSR count). The molecule has 1 saturated heterocycles. The maximum absolute atomic E-state index is 11.4. The van der Waals surface area contributed by atoms with Crippen LogP contribution in [0, 0.1) is 5.92 Å². The zero-order valence-electron chi connectivity index (χ0n) is 30.2. The number of epoxide rings is 1. The predicted molar refractivity (Wildman–Crippen MR) is 210 cm³/mol. The minimum absolute atomic E-state index is 0.0576. The molecule has 1 fully saturated rings. The molecular weight excluding hydrogens is 775 g/mol. The average molecular weight is 820 g/mol. The Balaban J connectivity index is 0.000000253. The summed E-state index contributed by atoms with van der Waals surface area (Å²) >= 11 is 16.3. The Morgan fingerprint density at radius 2 is 0.836 bits per heavy atom. The summed E-state index contributed by atoms with van der Waals surface area (Å²) in [5, 5.41) is 18.1. The van der Waals surface area contributed by atoms with Gasteiger partial charge in [-0.05, 0) is 48.5 Å². The molecule has 1 heterocycles.